The number of amides is 2. The van der Waals surface area contributed by atoms with Crippen LogP contribution < -0.4 is 10.6 Å². The summed E-state index contributed by atoms with van der Waals surface area (Å²) in [5.41, 5.74) is 0.793. The molecule has 1 aromatic heterocycles. The molecule has 1 heterocycles. The summed E-state index contributed by atoms with van der Waals surface area (Å²) in [6, 6.07) is 10.3. The van der Waals surface area contributed by atoms with Crippen LogP contribution >= 0.6 is 31.9 Å². The highest BCUT2D eigenvalue weighted by atomic mass is 79.9. The van der Waals surface area contributed by atoms with Gasteiger partial charge in [0.2, 0.25) is 0 Å². The topological polar surface area (TPSA) is 97.6 Å². The predicted molar refractivity (Wildman–Crippen MR) is 110 cm³/mol. The molecule has 0 saturated heterocycles. The van der Waals surface area contributed by atoms with E-state index in [-0.39, 0.29) is 30.6 Å². The number of nitrogens with one attached hydrogen (secondary N) is 2. The second-order valence-electron chi connectivity index (χ2n) is 5.62. The third kappa shape index (κ3) is 7.32. The normalized spacial score (nSPS) is 11.0. The molecule has 0 spiro atoms. The maximum absolute atomic E-state index is 12.5. The summed E-state index contributed by atoms with van der Waals surface area (Å²) in [7, 11) is 0. The molecule has 0 saturated carbocycles. The molecule has 0 unspecified atom stereocenters. The van der Waals surface area contributed by atoms with Gasteiger partial charge in [-0.25, -0.2) is 0 Å². The molecule has 9 heteroatoms. The lowest BCUT2D eigenvalue weighted by Gasteiger charge is -2.10. The SMILES string of the molecule is CC(=O)OCCCNC(=O)C(=Cc1ccc(Br)cc1)NC(=O)c1ccc(Br)o1. The second kappa shape index (κ2) is 10.8. The zero-order valence-electron chi connectivity index (χ0n) is 15.0. The van der Waals surface area contributed by atoms with Crippen LogP contribution in [0.25, 0.3) is 6.08 Å². The summed E-state index contributed by atoms with van der Waals surface area (Å²) in [5.74, 6) is -1.33. The molecule has 148 valence electrons. The van der Waals surface area contributed by atoms with Gasteiger partial charge in [0.1, 0.15) is 5.70 Å². The Morgan fingerprint density at radius 2 is 1.82 bits per heavy atom. The molecule has 2 amide bonds. The van der Waals surface area contributed by atoms with E-state index in [2.05, 4.69) is 42.5 Å². The van der Waals surface area contributed by atoms with Crippen LogP contribution in [0.1, 0.15) is 29.5 Å². The molecular weight excluding hydrogens is 496 g/mol. The van der Waals surface area contributed by atoms with Crippen molar-refractivity contribution in [1.29, 1.82) is 0 Å². The van der Waals surface area contributed by atoms with Crippen molar-refractivity contribution in [2.75, 3.05) is 13.2 Å². The first-order valence-corrected chi connectivity index (χ1v) is 9.89. The Kier molecular flexibility index (Phi) is 8.46. The fourth-order valence-electron chi connectivity index (χ4n) is 2.09. The van der Waals surface area contributed by atoms with Gasteiger partial charge in [-0.3, -0.25) is 14.4 Å². The average Bonchev–Trinajstić information content (AvgIpc) is 3.08. The number of furan rings is 1. The number of benzene rings is 1. The third-order valence-electron chi connectivity index (χ3n) is 3.38. The van der Waals surface area contributed by atoms with Gasteiger partial charge in [-0.2, -0.15) is 0 Å². The highest BCUT2D eigenvalue weighted by Crippen LogP contribution is 2.15. The van der Waals surface area contributed by atoms with Crippen molar-refractivity contribution in [3.8, 4) is 0 Å². The summed E-state index contributed by atoms with van der Waals surface area (Å²) in [5, 5.41) is 5.25. The second-order valence-corrected chi connectivity index (χ2v) is 7.31. The number of carbonyl (C=O) groups is 3. The Bertz CT molecular complexity index is 875. The van der Waals surface area contributed by atoms with E-state index in [0.717, 1.165) is 10.0 Å². The summed E-state index contributed by atoms with van der Waals surface area (Å²) in [4.78, 5) is 35.6. The van der Waals surface area contributed by atoms with Crippen LogP contribution in [0.4, 0.5) is 0 Å². The highest BCUT2D eigenvalue weighted by molar-refractivity contribution is 9.10. The summed E-state index contributed by atoms with van der Waals surface area (Å²) < 4.78 is 11.3. The Labute approximate surface area is 178 Å². The van der Waals surface area contributed by atoms with E-state index in [4.69, 9.17) is 9.15 Å². The van der Waals surface area contributed by atoms with Gasteiger partial charge in [-0.05, 0) is 58.3 Å². The molecule has 1 aromatic carbocycles. The van der Waals surface area contributed by atoms with Gasteiger partial charge in [-0.1, -0.05) is 28.1 Å². The van der Waals surface area contributed by atoms with E-state index in [9.17, 15) is 14.4 Å². The fourth-order valence-corrected chi connectivity index (χ4v) is 2.66. The van der Waals surface area contributed by atoms with E-state index in [1.54, 1.807) is 24.3 Å². The Morgan fingerprint density at radius 1 is 1.11 bits per heavy atom. The molecule has 0 atom stereocenters. The molecule has 0 aliphatic carbocycles. The fraction of sp³-hybridized carbons (Fsp3) is 0.211. The standard InChI is InChI=1S/C19H18Br2N2O5/c1-12(24)27-10-2-9-22-18(25)15(11-13-3-5-14(20)6-4-13)23-19(26)16-7-8-17(21)28-16/h3-8,11H,2,9-10H2,1H3,(H,22,25)(H,23,26). The van der Waals surface area contributed by atoms with Crippen LogP contribution in [-0.4, -0.2) is 30.9 Å². The van der Waals surface area contributed by atoms with E-state index in [0.29, 0.717) is 11.1 Å². The van der Waals surface area contributed by atoms with Crippen LogP contribution in [0.2, 0.25) is 0 Å². The molecule has 0 bridgehead atoms. The number of hydrogen-bond acceptors (Lipinski definition) is 5. The number of carbonyl (C=O) groups excluding carboxylic acids is 3. The third-order valence-corrected chi connectivity index (χ3v) is 4.34. The average molecular weight is 514 g/mol. The lowest BCUT2D eigenvalue weighted by atomic mass is 10.2. The van der Waals surface area contributed by atoms with Crippen molar-refractivity contribution < 1.29 is 23.5 Å². The predicted octanol–water partition coefficient (Wildman–Crippen LogP) is 3.64. The highest BCUT2D eigenvalue weighted by Gasteiger charge is 2.17. The van der Waals surface area contributed by atoms with Gasteiger partial charge >= 0.3 is 5.97 Å². The lowest BCUT2D eigenvalue weighted by Crippen LogP contribution is -2.35. The van der Waals surface area contributed by atoms with Crippen molar-refractivity contribution in [2.45, 2.75) is 13.3 Å². The minimum atomic E-state index is -0.552. The van der Waals surface area contributed by atoms with Crippen LogP contribution in [0.3, 0.4) is 0 Å². The first kappa shape index (κ1) is 21.9. The van der Waals surface area contributed by atoms with Crippen LogP contribution in [0.5, 0.6) is 0 Å². The molecular formula is C19H18Br2N2O5. The molecule has 2 aromatic rings. The monoisotopic (exact) mass is 512 g/mol. The lowest BCUT2D eigenvalue weighted by molar-refractivity contribution is -0.140. The Hall–Kier alpha value is -2.39. The van der Waals surface area contributed by atoms with Gasteiger partial charge in [0.15, 0.2) is 10.4 Å². The zero-order chi connectivity index (χ0) is 20.5. The van der Waals surface area contributed by atoms with E-state index < -0.39 is 11.8 Å². The smallest absolute Gasteiger partial charge is 0.302 e. The quantitative estimate of drug-likeness (QED) is 0.319. The van der Waals surface area contributed by atoms with Crippen molar-refractivity contribution in [1.82, 2.24) is 10.6 Å². The van der Waals surface area contributed by atoms with Gasteiger partial charge in [0.05, 0.1) is 6.61 Å². The van der Waals surface area contributed by atoms with Crippen LogP contribution in [0, 0.1) is 0 Å². The van der Waals surface area contributed by atoms with Gasteiger partial charge < -0.3 is 19.8 Å². The van der Waals surface area contributed by atoms with E-state index in [1.165, 1.54) is 13.0 Å². The maximum atomic E-state index is 12.5. The molecule has 0 aliphatic heterocycles. The number of halogens is 2. The summed E-state index contributed by atoms with van der Waals surface area (Å²) >= 11 is 6.48. The number of rotatable bonds is 8. The van der Waals surface area contributed by atoms with Crippen molar-refractivity contribution >= 4 is 55.7 Å². The molecule has 7 nitrogen and oxygen atoms in total. The van der Waals surface area contributed by atoms with Crippen molar-refractivity contribution in [3.63, 3.8) is 0 Å². The van der Waals surface area contributed by atoms with Gasteiger partial charge in [0, 0.05) is 17.9 Å². The van der Waals surface area contributed by atoms with E-state index >= 15 is 0 Å². The van der Waals surface area contributed by atoms with Crippen molar-refractivity contribution in [2.24, 2.45) is 0 Å². The molecule has 0 fully saturated rings. The summed E-state index contributed by atoms with van der Waals surface area (Å²) in [6.45, 7) is 1.81. The zero-order valence-corrected chi connectivity index (χ0v) is 18.1. The molecule has 0 radical (unpaired) electrons. The number of hydrogen-bond donors (Lipinski definition) is 2. The van der Waals surface area contributed by atoms with Crippen molar-refractivity contribution in [3.05, 3.63) is 62.6 Å². The molecule has 2 N–H and O–H groups in total. The molecule has 28 heavy (non-hydrogen) atoms. The summed E-state index contributed by atoms with van der Waals surface area (Å²) in [6.07, 6.45) is 2.01. The first-order chi connectivity index (χ1) is 13.3. The Morgan fingerprint density at radius 3 is 2.43 bits per heavy atom. The maximum Gasteiger partial charge on any atom is 0.302 e. The minimum absolute atomic E-state index is 0.0623. The van der Waals surface area contributed by atoms with E-state index in [1.807, 2.05) is 12.1 Å². The largest absolute Gasteiger partial charge is 0.466 e. The Balaban J connectivity index is 2.08. The molecule has 2 rings (SSSR count). The minimum Gasteiger partial charge on any atom is -0.466 e. The van der Waals surface area contributed by atoms with Crippen LogP contribution in [0.15, 0.2) is 55.7 Å². The number of esters is 1. The first-order valence-electron chi connectivity index (χ1n) is 8.30. The van der Waals surface area contributed by atoms with Crippen LogP contribution in [-0.2, 0) is 14.3 Å². The van der Waals surface area contributed by atoms with Gasteiger partial charge in [-0.15, -0.1) is 0 Å². The molecule has 0 aliphatic rings. The number of ether oxygens (including phenoxy) is 1. The van der Waals surface area contributed by atoms with Gasteiger partial charge in [0.25, 0.3) is 11.8 Å².